The van der Waals surface area contributed by atoms with Crippen molar-refractivity contribution in [3.8, 4) is 17.2 Å². The van der Waals surface area contributed by atoms with E-state index in [-0.39, 0.29) is 16.9 Å². The average Bonchev–Trinajstić information content (AvgIpc) is 3.17. The van der Waals surface area contributed by atoms with E-state index in [1.54, 1.807) is 60.7 Å². The van der Waals surface area contributed by atoms with Crippen molar-refractivity contribution in [3.63, 3.8) is 0 Å². The largest absolute Gasteiger partial charge is 0.507 e. The molecule has 7 nitrogen and oxygen atoms in total. The van der Waals surface area contributed by atoms with Gasteiger partial charge in [0.25, 0.3) is 11.7 Å². The number of aliphatic hydroxyl groups excluding tert-OH is 1. The second-order valence-corrected chi connectivity index (χ2v) is 8.57. The molecule has 1 aliphatic rings. The van der Waals surface area contributed by atoms with E-state index in [0.717, 1.165) is 6.42 Å². The summed E-state index contributed by atoms with van der Waals surface area (Å²) in [5.41, 5.74) is 1.19. The SMILES string of the molecule is CCCOc1ccc(C2/C(=C(\O)c3cc(Cl)ccc3OC)C(=O)C(=O)N2c2cccc(OC)c2)cc1. The molecule has 36 heavy (non-hydrogen) atoms. The minimum atomic E-state index is -0.916. The van der Waals surface area contributed by atoms with Crippen LogP contribution in [0.1, 0.15) is 30.5 Å². The molecule has 3 aromatic rings. The summed E-state index contributed by atoms with van der Waals surface area (Å²) in [6.45, 7) is 2.58. The molecular formula is C28H26ClNO6. The third-order valence-corrected chi connectivity index (χ3v) is 6.10. The fraction of sp³-hybridized carbons (Fsp3) is 0.214. The molecule has 186 valence electrons. The fourth-order valence-electron chi connectivity index (χ4n) is 4.15. The van der Waals surface area contributed by atoms with Gasteiger partial charge in [-0.3, -0.25) is 14.5 Å². The van der Waals surface area contributed by atoms with Gasteiger partial charge < -0.3 is 19.3 Å². The Morgan fingerprint density at radius 2 is 1.72 bits per heavy atom. The fourth-order valence-corrected chi connectivity index (χ4v) is 4.32. The first-order valence-electron chi connectivity index (χ1n) is 11.4. The first-order valence-corrected chi connectivity index (χ1v) is 11.8. The van der Waals surface area contributed by atoms with E-state index in [1.165, 1.54) is 25.2 Å². The van der Waals surface area contributed by atoms with Gasteiger partial charge in [-0.15, -0.1) is 0 Å². The highest BCUT2D eigenvalue weighted by Gasteiger charge is 2.47. The summed E-state index contributed by atoms with van der Waals surface area (Å²) < 4.78 is 16.4. The van der Waals surface area contributed by atoms with Crippen LogP contribution in [0.25, 0.3) is 5.76 Å². The highest BCUT2D eigenvalue weighted by molar-refractivity contribution is 6.51. The Morgan fingerprint density at radius 1 is 0.972 bits per heavy atom. The van der Waals surface area contributed by atoms with E-state index in [0.29, 0.717) is 40.1 Å². The van der Waals surface area contributed by atoms with Crippen LogP contribution in [0.5, 0.6) is 17.2 Å². The molecule has 1 heterocycles. The molecule has 1 saturated heterocycles. The zero-order valence-corrected chi connectivity index (χ0v) is 20.9. The average molecular weight is 508 g/mol. The van der Waals surface area contributed by atoms with Crippen molar-refractivity contribution in [2.24, 2.45) is 0 Å². The van der Waals surface area contributed by atoms with Crippen LogP contribution in [-0.2, 0) is 9.59 Å². The molecule has 0 spiro atoms. The minimum absolute atomic E-state index is 0.0781. The summed E-state index contributed by atoms with van der Waals surface area (Å²) in [5.74, 6) is -0.486. The number of benzene rings is 3. The van der Waals surface area contributed by atoms with Gasteiger partial charge in [-0.2, -0.15) is 0 Å². The third-order valence-electron chi connectivity index (χ3n) is 5.86. The van der Waals surface area contributed by atoms with Crippen molar-refractivity contribution in [3.05, 3.63) is 88.5 Å². The van der Waals surface area contributed by atoms with Crippen LogP contribution in [0.4, 0.5) is 5.69 Å². The number of carbonyl (C=O) groups is 2. The summed E-state index contributed by atoms with van der Waals surface area (Å²) in [6.07, 6.45) is 0.860. The molecule has 1 unspecified atom stereocenters. The molecule has 1 N–H and O–H groups in total. The maximum absolute atomic E-state index is 13.4. The Labute approximate surface area is 214 Å². The maximum Gasteiger partial charge on any atom is 0.300 e. The quantitative estimate of drug-likeness (QED) is 0.236. The smallest absolute Gasteiger partial charge is 0.300 e. The number of methoxy groups -OCH3 is 2. The molecule has 0 aromatic heterocycles. The van der Waals surface area contributed by atoms with Crippen LogP contribution in [0.2, 0.25) is 5.02 Å². The van der Waals surface area contributed by atoms with Crippen LogP contribution in [0, 0.1) is 0 Å². The van der Waals surface area contributed by atoms with Crippen molar-refractivity contribution < 1.29 is 28.9 Å². The Balaban J connectivity index is 1.92. The second kappa shape index (κ2) is 10.7. The number of carbonyl (C=O) groups excluding carboxylic acids is 2. The van der Waals surface area contributed by atoms with Crippen LogP contribution >= 0.6 is 11.6 Å². The van der Waals surface area contributed by atoms with Gasteiger partial charge in [0, 0.05) is 16.8 Å². The summed E-state index contributed by atoms with van der Waals surface area (Å²) in [6, 6.07) is 17.7. The Kier molecular flexibility index (Phi) is 7.50. The number of halogens is 1. The monoisotopic (exact) mass is 507 g/mol. The predicted octanol–water partition coefficient (Wildman–Crippen LogP) is 5.77. The number of anilines is 1. The molecule has 1 amide bonds. The van der Waals surface area contributed by atoms with Crippen molar-refractivity contribution in [2.75, 3.05) is 25.7 Å². The number of nitrogens with zero attached hydrogens (tertiary/aromatic N) is 1. The molecule has 1 fully saturated rings. The van der Waals surface area contributed by atoms with Gasteiger partial charge in [-0.05, 0) is 54.4 Å². The predicted molar refractivity (Wildman–Crippen MR) is 138 cm³/mol. The van der Waals surface area contributed by atoms with Gasteiger partial charge in [0.1, 0.15) is 23.0 Å². The molecule has 4 rings (SSSR count). The molecule has 0 aliphatic carbocycles. The molecule has 0 radical (unpaired) electrons. The van der Waals surface area contributed by atoms with Gasteiger partial charge in [0.05, 0.1) is 38.0 Å². The standard InChI is InChI=1S/C28H26ClNO6/c1-4-14-36-20-11-8-17(9-12-20)25-24(26(31)22-15-18(29)10-13-23(22)35-3)27(32)28(33)30(25)19-6-5-7-21(16-19)34-2/h5-13,15-16,25,31H,4,14H2,1-3H3/b26-24+. The van der Waals surface area contributed by atoms with Gasteiger partial charge in [0.2, 0.25) is 0 Å². The van der Waals surface area contributed by atoms with E-state index in [1.807, 2.05) is 6.92 Å². The zero-order valence-electron chi connectivity index (χ0n) is 20.2. The molecule has 0 saturated carbocycles. The van der Waals surface area contributed by atoms with Crippen LogP contribution < -0.4 is 19.1 Å². The molecule has 0 bridgehead atoms. The lowest BCUT2D eigenvalue weighted by Crippen LogP contribution is -2.29. The van der Waals surface area contributed by atoms with E-state index in [2.05, 4.69) is 0 Å². The molecule has 1 aliphatic heterocycles. The van der Waals surface area contributed by atoms with E-state index >= 15 is 0 Å². The lowest BCUT2D eigenvalue weighted by Gasteiger charge is -2.26. The van der Waals surface area contributed by atoms with Crippen molar-refractivity contribution in [1.29, 1.82) is 0 Å². The van der Waals surface area contributed by atoms with Crippen molar-refractivity contribution in [1.82, 2.24) is 0 Å². The molecular weight excluding hydrogens is 482 g/mol. The van der Waals surface area contributed by atoms with Crippen LogP contribution in [0.15, 0.2) is 72.3 Å². The summed E-state index contributed by atoms with van der Waals surface area (Å²) >= 11 is 6.18. The summed E-state index contributed by atoms with van der Waals surface area (Å²) in [5, 5.41) is 11.7. The number of aliphatic hydroxyl groups is 1. The number of amides is 1. The lowest BCUT2D eigenvalue weighted by atomic mass is 9.94. The van der Waals surface area contributed by atoms with Crippen molar-refractivity contribution >= 4 is 34.7 Å². The van der Waals surface area contributed by atoms with Crippen LogP contribution in [0.3, 0.4) is 0 Å². The number of hydrogen-bond donors (Lipinski definition) is 1. The lowest BCUT2D eigenvalue weighted by molar-refractivity contribution is -0.132. The Bertz CT molecular complexity index is 1320. The van der Waals surface area contributed by atoms with E-state index in [4.69, 9.17) is 25.8 Å². The number of ketones is 1. The van der Waals surface area contributed by atoms with Crippen molar-refractivity contribution in [2.45, 2.75) is 19.4 Å². The first kappa shape index (κ1) is 25.1. The number of rotatable bonds is 8. The minimum Gasteiger partial charge on any atom is -0.507 e. The summed E-state index contributed by atoms with van der Waals surface area (Å²) in [4.78, 5) is 28.1. The molecule has 8 heteroatoms. The Hall–Kier alpha value is -3.97. The van der Waals surface area contributed by atoms with Gasteiger partial charge in [-0.1, -0.05) is 36.7 Å². The van der Waals surface area contributed by atoms with Gasteiger partial charge in [0.15, 0.2) is 0 Å². The third kappa shape index (κ3) is 4.75. The van der Waals surface area contributed by atoms with Crippen LogP contribution in [-0.4, -0.2) is 37.6 Å². The highest BCUT2D eigenvalue weighted by Crippen LogP contribution is 2.44. The maximum atomic E-state index is 13.4. The second-order valence-electron chi connectivity index (χ2n) is 8.13. The zero-order chi connectivity index (χ0) is 25.8. The van der Waals surface area contributed by atoms with E-state index in [9.17, 15) is 14.7 Å². The normalized spacial score (nSPS) is 16.8. The molecule has 1 atom stereocenters. The van der Waals surface area contributed by atoms with E-state index < -0.39 is 17.7 Å². The highest BCUT2D eigenvalue weighted by atomic mass is 35.5. The Morgan fingerprint density at radius 3 is 2.39 bits per heavy atom. The summed E-state index contributed by atoms with van der Waals surface area (Å²) in [7, 11) is 2.96. The molecule has 3 aromatic carbocycles. The number of hydrogen-bond acceptors (Lipinski definition) is 6. The van der Waals surface area contributed by atoms with Gasteiger partial charge in [-0.25, -0.2) is 0 Å². The van der Waals surface area contributed by atoms with Gasteiger partial charge >= 0.3 is 0 Å². The number of Topliss-reactive ketones (excluding diaryl/α,β-unsaturated/α-hetero) is 1. The topological polar surface area (TPSA) is 85.3 Å². The first-order chi connectivity index (χ1) is 17.4. The number of ether oxygens (including phenoxy) is 3.